The molecule has 1 aliphatic rings. The Morgan fingerprint density at radius 1 is 1.29 bits per heavy atom. The second kappa shape index (κ2) is 5.38. The quantitative estimate of drug-likeness (QED) is 0.649. The molecule has 3 unspecified atom stereocenters. The molecule has 2 heteroatoms. The summed E-state index contributed by atoms with van der Waals surface area (Å²) in [6.07, 6.45) is 4.72. The molecule has 0 aromatic rings. The van der Waals surface area contributed by atoms with Crippen LogP contribution in [0, 0.1) is 17.8 Å². The predicted octanol–water partition coefficient (Wildman–Crippen LogP) is 3.01. The molecule has 0 saturated carbocycles. The number of cyclic esters (lactones) is 1. The van der Waals surface area contributed by atoms with E-state index in [4.69, 9.17) is 4.74 Å². The Kier molecular flexibility index (Phi) is 4.43. The van der Waals surface area contributed by atoms with Crippen LogP contribution in [-0.2, 0) is 9.53 Å². The first-order valence-corrected chi connectivity index (χ1v) is 5.87. The van der Waals surface area contributed by atoms with Crippen molar-refractivity contribution in [2.75, 3.05) is 6.61 Å². The zero-order valence-electron chi connectivity index (χ0n) is 9.58. The van der Waals surface area contributed by atoms with E-state index >= 15 is 0 Å². The first-order chi connectivity index (χ1) is 6.70. The number of rotatable bonds is 4. The van der Waals surface area contributed by atoms with Gasteiger partial charge in [0.05, 0.1) is 12.5 Å². The lowest BCUT2D eigenvalue weighted by Crippen LogP contribution is -2.37. The van der Waals surface area contributed by atoms with Crippen molar-refractivity contribution in [1.82, 2.24) is 0 Å². The molecule has 1 fully saturated rings. The molecule has 0 aliphatic carbocycles. The third-order valence-corrected chi connectivity index (χ3v) is 3.34. The topological polar surface area (TPSA) is 26.3 Å². The SMILES string of the molecule is CCCC1COC(=O)C(C)C1CCC. The van der Waals surface area contributed by atoms with Crippen LogP contribution in [-0.4, -0.2) is 12.6 Å². The second-order valence-corrected chi connectivity index (χ2v) is 4.42. The molecular weight excluding hydrogens is 176 g/mol. The summed E-state index contributed by atoms with van der Waals surface area (Å²) in [5.41, 5.74) is 0. The summed E-state index contributed by atoms with van der Waals surface area (Å²) in [4.78, 5) is 11.4. The molecule has 0 amide bonds. The van der Waals surface area contributed by atoms with Crippen LogP contribution in [0.3, 0.4) is 0 Å². The molecule has 0 radical (unpaired) electrons. The summed E-state index contributed by atoms with van der Waals surface area (Å²) in [6, 6.07) is 0. The van der Waals surface area contributed by atoms with Gasteiger partial charge in [0.25, 0.3) is 0 Å². The zero-order chi connectivity index (χ0) is 10.6. The number of hydrogen-bond donors (Lipinski definition) is 0. The molecule has 3 atom stereocenters. The smallest absolute Gasteiger partial charge is 0.308 e. The van der Waals surface area contributed by atoms with E-state index in [0.29, 0.717) is 18.4 Å². The third kappa shape index (κ3) is 2.49. The lowest BCUT2D eigenvalue weighted by Gasteiger charge is -2.35. The van der Waals surface area contributed by atoms with E-state index in [9.17, 15) is 4.79 Å². The van der Waals surface area contributed by atoms with Crippen LogP contribution in [0.25, 0.3) is 0 Å². The van der Waals surface area contributed by atoms with Crippen LogP contribution in [0.1, 0.15) is 46.5 Å². The Morgan fingerprint density at radius 2 is 1.93 bits per heavy atom. The van der Waals surface area contributed by atoms with Gasteiger partial charge in [0.2, 0.25) is 0 Å². The third-order valence-electron chi connectivity index (χ3n) is 3.34. The highest BCUT2D eigenvalue weighted by Crippen LogP contribution is 2.34. The molecule has 1 aliphatic heterocycles. The summed E-state index contributed by atoms with van der Waals surface area (Å²) in [7, 11) is 0. The van der Waals surface area contributed by atoms with Gasteiger partial charge in [-0.2, -0.15) is 0 Å². The van der Waals surface area contributed by atoms with Crippen molar-refractivity contribution in [3.8, 4) is 0 Å². The van der Waals surface area contributed by atoms with E-state index in [0.717, 1.165) is 0 Å². The van der Waals surface area contributed by atoms with Crippen LogP contribution in [0.5, 0.6) is 0 Å². The predicted molar refractivity (Wildman–Crippen MR) is 56.9 cm³/mol. The molecule has 1 heterocycles. The van der Waals surface area contributed by atoms with Gasteiger partial charge >= 0.3 is 5.97 Å². The number of carbonyl (C=O) groups excluding carboxylic acids is 1. The maximum atomic E-state index is 11.4. The number of ether oxygens (including phenoxy) is 1. The van der Waals surface area contributed by atoms with Crippen molar-refractivity contribution < 1.29 is 9.53 Å². The molecule has 0 bridgehead atoms. The highest BCUT2D eigenvalue weighted by atomic mass is 16.5. The van der Waals surface area contributed by atoms with E-state index in [-0.39, 0.29) is 11.9 Å². The molecule has 0 aromatic heterocycles. The van der Waals surface area contributed by atoms with E-state index < -0.39 is 0 Å². The maximum Gasteiger partial charge on any atom is 0.308 e. The Labute approximate surface area is 87.0 Å². The highest BCUT2D eigenvalue weighted by molar-refractivity contribution is 5.73. The highest BCUT2D eigenvalue weighted by Gasteiger charge is 2.35. The van der Waals surface area contributed by atoms with E-state index in [1.165, 1.54) is 25.7 Å². The van der Waals surface area contributed by atoms with Crippen LogP contribution in [0.2, 0.25) is 0 Å². The molecule has 0 N–H and O–H groups in total. The van der Waals surface area contributed by atoms with Gasteiger partial charge in [-0.3, -0.25) is 4.79 Å². The van der Waals surface area contributed by atoms with Gasteiger partial charge in [-0.05, 0) is 24.7 Å². The summed E-state index contributed by atoms with van der Waals surface area (Å²) in [5, 5.41) is 0. The lowest BCUT2D eigenvalue weighted by molar-refractivity contribution is -0.160. The number of esters is 1. The standard InChI is InChI=1S/C12H22O2/c1-4-6-10-8-14-12(13)9(3)11(10)7-5-2/h9-11H,4-8H2,1-3H3. The Hall–Kier alpha value is -0.530. The average molecular weight is 198 g/mol. The fourth-order valence-corrected chi connectivity index (χ4v) is 2.51. The first-order valence-electron chi connectivity index (χ1n) is 5.87. The molecule has 0 aromatic carbocycles. The van der Waals surface area contributed by atoms with Crippen molar-refractivity contribution in [2.45, 2.75) is 46.5 Å². The molecular formula is C12H22O2. The van der Waals surface area contributed by atoms with Gasteiger partial charge in [-0.15, -0.1) is 0 Å². The van der Waals surface area contributed by atoms with E-state index in [1.54, 1.807) is 0 Å². The fourth-order valence-electron chi connectivity index (χ4n) is 2.51. The van der Waals surface area contributed by atoms with Crippen LogP contribution >= 0.6 is 0 Å². The van der Waals surface area contributed by atoms with Gasteiger partial charge in [-0.1, -0.05) is 33.6 Å². The summed E-state index contributed by atoms with van der Waals surface area (Å²) >= 11 is 0. The minimum Gasteiger partial charge on any atom is -0.465 e. The van der Waals surface area contributed by atoms with Gasteiger partial charge in [-0.25, -0.2) is 0 Å². The van der Waals surface area contributed by atoms with Crippen LogP contribution in [0.15, 0.2) is 0 Å². The van der Waals surface area contributed by atoms with Gasteiger partial charge in [0, 0.05) is 0 Å². The van der Waals surface area contributed by atoms with Crippen LogP contribution < -0.4 is 0 Å². The maximum absolute atomic E-state index is 11.4. The molecule has 14 heavy (non-hydrogen) atoms. The number of carbonyl (C=O) groups is 1. The van der Waals surface area contributed by atoms with Crippen molar-refractivity contribution in [3.63, 3.8) is 0 Å². The minimum absolute atomic E-state index is 0.0100. The molecule has 0 spiro atoms. The molecule has 1 rings (SSSR count). The normalized spacial score (nSPS) is 32.8. The summed E-state index contributed by atoms with van der Waals surface area (Å²) in [5.74, 6) is 1.28. The molecule has 2 nitrogen and oxygen atoms in total. The van der Waals surface area contributed by atoms with Crippen molar-refractivity contribution >= 4 is 5.97 Å². The van der Waals surface area contributed by atoms with Gasteiger partial charge in [0.1, 0.15) is 0 Å². The second-order valence-electron chi connectivity index (χ2n) is 4.42. The molecule has 82 valence electrons. The Bertz CT molecular complexity index is 189. The summed E-state index contributed by atoms with van der Waals surface area (Å²) in [6.45, 7) is 7.06. The summed E-state index contributed by atoms with van der Waals surface area (Å²) < 4.78 is 5.19. The van der Waals surface area contributed by atoms with Crippen molar-refractivity contribution in [1.29, 1.82) is 0 Å². The molecule has 1 saturated heterocycles. The van der Waals surface area contributed by atoms with Gasteiger partial charge < -0.3 is 4.74 Å². The first kappa shape index (κ1) is 11.5. The largest absolute Gasteiger partial charge is 0.465 e. The Morgan fingerprint density at radius 3 is 2.50 bits per heavy atom. The fraction of sp³-hybridized carbons (Fsp3) is 0.917. The lowest BCUT2D eigenvalue weighted by atomic mass is 9.76. The minimum atomic E-state index is 0.0100. The van der Waals surface area contributed by atoms with Gasteiger partial charge in [0.15, 0.2) is 0 Å². The van der Waals surface area contributed by atoms with E-state index in [2.05, 4.69) is 13.8 Å². The Balaban J connectivity index is 2.60. The number of hydrogen-bond acceptors (Lipinski definition) is 2. The monoisotopic (exact) mass is 198 g/mol. The van der Waals surface area contributed by atoms with E-state index in [1.807, 2.05) is 6.92 Å². The van der Waals surface area contributed by atoms with Crippen LogP contribution in [0.4, 0.5) is 0 Å². The van der Waals surface area contributed by atoms with Crippen molar-refractivity contribution in [3.05, 3.63) is 0 Å². The zero-order valence-corrected chi connectivity index (χ0v) is 9.58. The average Bonchev–Trinajstić information content (AvgIpc) is 2.18. The van der Waals surface area contributed by atoms with Crippen molar-refractivity contribution in [2.24, 2.45) is 17.8 Å².